The van der Waals surface area contributed by atoms with Crippen molar-refractivity contribution in [2.45, 2.75) is 40.7 Å². The first kappa shape index (κ1) is 12.9. The lowest BCUT2D eigenvalue weighted by atomic mass is 10.0. The maximum absolute atomic E-state index is 10.8. The Morgan fingerprint density at radius 2 is 1.75 bits per heavy atom. The molecular weight excluding hydrogens is 198 g/mol. The zero-order valence-electron chi connectivity index (χ0n) is 10.7. The molecule has 0 atom stereocenters. The van der Waals surface area contributed by atoms with Crippen molar-refractivity contribution in [1.82, 2.24) is 5.32 Å². The minimum atomic E-state index is 0.240. The molecule has 0 saturated carbocycles. The van der Waals surface area contributed by atoms with Gasteiger partial charge in [0, 0.05) is 19.5 Å². The second-order valence-corrected chi connectivity index (χ2v) is 4.49. The second-order valence-electron chi connectivity index (χ2n) is 4.49. The van der Waals surface area contributed by atoms with Crippen molar-refractivity contribution in [2.24, 2.45) is 0 Å². The van der Waals surface area contributed by atoms with Crippen LogP contribution >= 0.6 is 0 Å². The summed E-state index contributed by atoms with van der Waals surface area (Å²) >= 11 is 0. The van der Waals surface area contributed by atoms with Crippen LogP contribution in [-0.4, -0.2) is 12.3 Å². The van der Waals surface area contributed by atoms with Gasteiger partial charge in [-0.15, -0.1) is 0 Å². The summed E-state index contributed by atoms with van der Waals surface area (Å²) in [6.45, 7) is 9.64. The third-order valence-electron chi connectivity index (χ3n) is 2.92. The quantitative estimate of drug-likeness (QED) is 0.771. The van der Waals surface area contributed by atoms with Gasteiger partial charge in [-0.3, -0.25) is 4.79 Å². The van der Waals surface area contributed by atoms with E-state index in [-0.39, 0.29) is 5.78 Å². The lowest BCUT2D eigenvalue weighted by molar-refractivity contribution is -0.116. The van der Waals surface area contributed by atoms with Crippen LogP contribution in [0.25, 0.3) is 0 Å². The van der Waals surface area contributed by atoms with Crippen LogP contribution in [0, 0.1) is 20.8 Å². The standard InChI is InChI=1S/C14H21NO/c1-10-7-12(3)14(8-11(10)2)9-15-6-5-13(4)16/h7-8,15H,5-6,9H2,1-4H3. The smallest absolute Gasteiger partial charge is 0.131 e. The third-order valence-corrected chi connectivity index (χ3v) is 2.92. The molecule has 0 aliphatic rings. The normalized spacial score (nSPS) is 10.5. The Kier molecular flexibility index (Phi) is 4.69. The molecule has 2 nitrogen and oxygen atoms in total. The summed E-state index contributed by atoms with van der Waals surface area (Å²) in [5.41, 5.74) is 5.31. The molecular formula is C14H21NO. The molecule has 16 heavy (non-hydrogen) atoms. The molecule has 88 valence electrons. The number of nitrogens with one attached hydrogen (secondary N) is 1. The van der Waals surface area contributed by atoms with Gasteiger partial charge in [0.25, 0.3) is 0 Å². The van der Waals surface area contributed by atoms with Crippen molar-refractivity contribution in [3.63, 3.8) is 0 Å². The molecule has 0 aromatic heterocycles. The predicted molar refractivity (Wildman–Crippen MR) is 67.7 cm³/mol. The number of rotatable bonds is 5. The van der Waals surface area contributed by atoms with Gasteiger partial charge < -0.3 is 5.32 Å². The van der Waals surface area contributed by atoms with Gasteiger partial charge in [-0.2, -0.15) is 0 Å². The van der Waals surface area contributed by atoms with Crippen molar-refractivity contribution in [3.8, 4) is 0 Å². The number of hydrogen-bond donors (Lipinski definition) is 1. The van der Waals surface area contributed by atoms with Gasteiger partial charge in [-0.05, 0) is 49.9 Å². The molecule has 0 spiro atoms. The predicted octanol–water partition coefficient (Wildman–Crippen LogP) is 2.68. The van der Waals surface area contributed by atoms with Gasteiger partial charge in [0.2, 0.25) is 0 Å². The SMILES string of the molecule is CC(=O)CCNCc1cc(C)c(C)cc1C. The largest absolute Gasteiger partial charge is 0.312 e. The summed E-state index contributed by atoms with van der Waals surface area (Å²) in [4.78, 5) is 10.8. The Morgan fingerprint density at radius 3 is 2.38 bits per heavy atom. The van der Waals surface area contributed by atoms with Crippen LogP contribution in [0.3, 0.4) is 0 Å². The van der Waals surface area contributed by atoms with E-state index < -0.39 is 0 Å². The van der Waals surface area contributed by atoms with E-state index in [1.807, 2.05) is 0 Å². The number of ketones is 1. The molecule has 1 N–H and O–H groups in total. The fourth-order valence-corrected chi connectivity index (χ4v) is 1.70. The van der Waals surface area contributed by atoms with E-state index in [2.05, 4.69) is 38.2 Å². The Hall–Kier alpha value is -1.15. The first-order valence-corrected chi connectivity index (χ1v) is 5.77. The Labute approximate surface area is 98.1 Å². The lowest BCUT2D eigenvalue weighted by Gasteiger charge is -2.10. The van der Waals surface area contributed by atoms with Gasteiger partial charge in [0.1, 0.15) is 5.78 Å². The van der Waals surface area contributed by atoms with E-state index in [4.69, 9.17) is 0 Å². The number of carbonyl (C=O) groups is 1. The molecule has 1 aromatic rings. The summed E-state index contributed by atoms with van der Waals surface area (Å²) in [6.07, 6.45) is 0.615. The topological polar surface area (TPSA) is 29.1 Å². The van der Waals surface area contributed by atoms with Crippen LogP contribution < -0.4 is 5.32 Å². The van der Waals surface area contributed by atoms with Crippen LogP contribution in [0.15, 0.2) is 12.1 Å². The highest BCUT2D eigenvalue weighted by atomic mass is 16.1. The first-order chi connectivity index (χ1) is 7.50. The van der Waals surface area contributed by atoms with Crippen molar-refractivity contribution in [3.05, 3.63) is 34.4 Å². The van der Waals surface area contributed by atoms with Crippen LogP contribution in [-0.2, 0) is 11.3 Å². The maximum Gasteiger partial charge on any atom is 0.131 e. The van der Waals surface area contributed by atoms with Gasteiger partial charge in [-0.1, -0.05) is 12.1 Å². The van der Waals surface area contributed by atoms with Gasteiger partial charge >= 0.3 is 0 Å². The fraction of sp³-hybridized carbons (Fsp3) is 0.500. The van der Waals surface area contributed by atoms with Gasteiger partial charge in [0.05, 0.1) is 0 Å². The average Bonchev–Trinajstić information content (AvgIpc) is 2.19. The molecule has 0 amide bonds. The average molecular weight is 219 g/mol. The van der Waals surface area contributed by atoms with Crippen molar-refractivity contribution in [2.75, 3.05) is 6.54 Å². The Bertz CT molecular complexity index is 383. The maximum atomic E-state index is 10.8. The van der Waals surface area contributed by atoms with Crippen LogP contribution in [0.1, 0.15) is 35.6 Å². The molecule has 0 saturated heterocycles. The van der Waals surface area contributed by atoms with Crippen molar-refractivity contribution < 1.29 is 4.79 Å². The van der Waals surface area contributed by atoms with Crippen LogP contribution in [0.2, 0.25) is 0 Å². The second kappa shape index (κ2) is 5.80. The third kappa shape index (κ3) is 3.78. The molecule has 0 heterocycles. The van der Waals surface area contributed by atoms with E-state index in [0.717, 1.165) is 13.1 Å². The number of benzene rings is 1. The van der Waals surface area contributed by atoms with Gasteiger partial charge in [-0.25, -0.2) is 0 Å². The number of aryl methyl sites for hydroxylation is 3. The van der Waals surface area contributed by atoms with Crippen LogP contribution in [0.5, 0.6) is 0 Å². The summed E-state index contributed by atoms with van der Waals surface area (Å²) < 4.78 is 0. The molecule has 0 aliphatic heterocycles. The molecule has 1 rings (SSSR count). The number of Topliss-reactive ketones (excluding diaryl/α,β-unsaturated/α-hetero) is 1. The molecule has 0 radical (unpaired) electrons. The van der Waals surface area contributed by atoms with E-state index in [0.29, 0.717) is 6.42 Å². The summed E-state index contributed by atoms with van der Waals surface area (Å²) in [7, 11) is 0. The fourth-order valence-electron chi connectivity index (χ4n) is 1.70. The zero-order chi connectivity index (χ0) is 12.1. The highest BCUT2D eigenvalue weighted by Gasteiger charge is 2.01. The minimum Gasteiger partial charge on any atom is -0.312 e. The zero-order valence-corrected chi connectivity index (χ0v) is 10.7. The highest BCUT2D eigenvalue weighted by molar-refractivity contribution is 5.75. The molecule has 0 unspecified atom stereocenters. The number of carbonyl (C=O) groups excluding carboxylic acids is 1. The molecule has 0 bridgehead atoms. The van der Waals surface area contributed by atoms with E-state index in [1.54, 1.807) is 6.92 Å². The van der Waals surface area contributed by atoms with E-state index >= 15 is 0 Å². The van der Waals surface area contributed by atoms with E-state index in [1.165, 1.54) is 22.3 Å². The number of hydrogen-bond acceptors (Lipinski definition) is 2. The summed E-state index contributed by atoms with van der Waals surface area (Å²) in [5, 5.41) is 3.30. The van der Waals surface area contributed by atoms with Crippen molar-refractivity contribution >= 4 is 5.78 Å². The molecule has 2 heteroatoms. The first-order valence-electron chi connectivity index (χ1n) is 5.77. The molecule has 0 aliphatic carbocycles. The van der Waals surface area contributed by atoms with Crippen LogP contribution in [0.4, 0.5) is 0 Å². The molecule has 0 fully saturated rings. The Morgan fingerprint density at radius 1 is 1.12 bits per heavy atom. The van der Waals surface area contributed by atoms with Gasteiger partial charge in [0.15, 0.2) is 0 Å². The summed E-state index contributed by atoms with van der Waals surface area (Å²) in [6, 6.07) is 4.45. The Balaban J connectivity index is 2.54. The van der Waals surface area contributed by atoms with Crippen molar-refractivity contribution in [1.29, 1.82) is 0 Å². The molecule has 1 aromatic carbocycles. The van der Waals surface area contributed by atoms with E-state index in [9.17, 15) is 4.79 Å². The summed E-state index contributed by atoms with van der Waals surface area (Å²) in [5.74, 6) is 0.240. The monoisotopic (exact) mass is 219 g/mol. The lowest BCUT2D eigenvalue weighted by Crippen LogP contribution is -2.17. The minimum absolute atomic E-state index is 0.240. The highest BCUT2D eigenvalue weighted by Crippen LogP contribution is 2.14.